The summed E-state index contributed by atoms with van der Waals surface area (Å²) in [5.74, 6) is 2.84. The summed E-state index contributed by atoms with van der Waals surface area (Å²) in [5.41, 5.74) is 2.70. The van der Waals surface area contributed by atoms with Crippen molar-refractivity contribution in [2.24, 2.45) is 28.6 Å². The average Bonchev–Trinajstić information content (AvgIpc) is 2.81. The van der Waals surface area contributed by atoms with E-state index in [-0.39, 0.29) is 6.10 Å². The molecule has 0 amide bonds. The third-order valence-corrected chi connectivity index (χ3v) is 7.86. The van der Waals surface area contributed by atoms with Gasteiger partial charge in [-0.2, -0.15) is 0 Å². The van der Waals surface area contributed by atoms with Crippen molar-refractivity contribution >= 4 is 0 Å². The van der Waals surface area contributed by atoms with E-state index >= 15 is 0 Å². The molecule has 0 aromatic carbocycles. The Morgan fingerprint density at radius 3 is 2.75 bits per heavy atom. The molecule has 0 aromatic rings. The van der Waals surface area contributed by atoms with E-state index in [0.29, 0.717) is 10.8 Å². The van der Waals surface area contributed by atoms with Gasteiger partial charge < -0.3 is 5.11 Å². The number of aliphatic hydroxyl groups is 1. The van der Waals surface area contributed by atoms with E-state index in [2.05, 4.69) is 19.9 Å². The number of hydrogen-bond donors (Lipinski definition) is 1. The summed E-state index contributed by atoms with van der Waals surface area (Å²) >= 11 is 0. The summed E-state index contributed by atoms with van der Waals surface area (Å²) in [6.07, 6.45) is 14.3. The molecule has 20 heavy (non-hydrogen) atoms. The van der Waals surface area contributed by atoms with Crippen molar-refractivity contribution in [3.8, 4) is 0 Å². The van der Waals surface area contributed by atoms with Crippen LogP contribution in [0.1, 0.15) is 71.6 Å². The normalized spacial score (nSPS) is 54.6. The van der Waals surface area contributed by atoms with Gasteiger partial charge in [-0.15, -0.1) is 0 Å². The molecule has 112 valence electrons. The Hall–Kier alpha value is -0.300. The zero-order valence-corrected chi connectivity index (χ0v) is 13.2. The summed E-state index contributed by atoms with van der Waals surface area (Å²) in [7, 11) is 0. The summed E-state index contributed by atoms with van der Waals surface area (Å²) in [6.45, 7) is 5.10. The first-order valence-corrected chi connectivity index (χ1v) is 8.90. The molecule has 6 atom stereocenters. The molecule has 4 aliphatic carbocycles. The molecule has 1 unspecified atom stereocenters. The maximum atomic E-state index is 10.0. The van der Waals surface area contributed by atoms with Crippen molar-refractivity contribution < 1.29 is 5.11 Å². The van der Waals surface area contributed by atoms with E-state index in [0.717, 1.165) is 30.6 Å². The lowest BCUT2D eigenvalue weighted by atomic mass is 9.48. The maximum absolute atomic E-state index is 10.0. The molecule has 0 bridgehead atoms. The fourth-order valence-corrected chi connectivity index (χ4v) is 6.63. The number of rotatable bonds is 0. The minimum Gasteiger partial charge on any atom is -0.393 e. The third-order valence-electron chi connectivity index (χ3n) is 7.86. The van der Waals surface area contributed by atoms with Gasteiger partial charge in [0.2, 0.25) is 0 Å². The van der Waals surface area contributed by atoms with Crippen LogP contribution in [0.4, 0.5) is 0 Å². The fraction of sp³-hybridized carbons (Fsp3) is 0.895. The van der Waals surface area contributed by atoms with E-state index < -0.39 is 0 Å². The quantitative estimate of drug-likeness (QED) is 0.635. The van der Waals surface area contributed by atoms with Crippen LogP contribution in [0.15, 0.2) is 11.6 Å². The van der Waals surface area contributed by atoms with Crippen LogP contribution in [-0.4, -0.2) is 11.2 Å². The number of aliphatic hydroxyl groups excluding tert-OH is 1. The van der Waals surface area contributed by atoms with Gasteiger partial charge in [0, 0.05) is 0 Å². The maximum Gasteiger partial charge on any atom is 0.0577 e. The van der Waals surface area contributed by atoms with Crippen LogP contribution in [0, 0.1) is 28.6 Å². The Kier molecular flexibility index (Phi) is 2.91. The highest BCUT2D eigenvalue weighted by molar-refractivity contribution is 5.25. The van der Waals surface area contributed by atoms with Crippen LogP contribution in [-0.2, 0) is 0 Å². The largest absolute Gasteiger partial charge is 0.393 e. The van der Waals surface area contributed by atoms with Crippen molar-refractivity contribution in [1.82, 2.24) is 0 Å². The average molecular weight is 274 g/mol. The predicted octanol–water partition coefficient (Wildman–Crippen LogP) is 4.70. The molecule has 1 nitrogen and oxygen atoms in total. The zero-order chi connectivity index (χ0) is 14.0. The highest BCUT2D eigenvalue weighted by Crippen LogP contribution is 2.64. The summed E-state index contributed by atoms with van der Waals surface area (Å²) in [5, 5.41) is 10.0. The molecule has 0 aliphatic heterocycles. The van der Waals surface area contributed by atoms with Gasteiger partial charge in [-0.25, -0.2) is 0 Å². The molecule has 0 aromatic heterocycles. The van der Waals surface area contributed by atoms with Gasteiger partial charge in [-0.1, -0.05) is 31.9 Å². The lowest BCUT2D eigenvalue weighted by Gasteiger charge is -2.57. The highest BCUT2D eigenvalue weighted by Gasteiger charge is 2.55. The van der Waals surface area contributed by atoms with Crippen LogP contribution in [0.5, 0.6) is 0 Å². The van der Waals surface area contributed by atoms with E-state index in [1.165, 1.54) is 44.9 Å². The van der Waals surface area contributed by atoms with Crippen LogP contribution >= 0.6 is 0 Å². The van der Waals surface area contributed by atoms with E-state index in [4.69, 9.17) is 0 Å². The van der Waals surface area contributed by atoms with Gasteiger partial charge in [0.1, 0.15) is 0 Å². The topological polar surface area (TPSA) is 20.2 Å². The molecule has 3 saturated carbocycles. The smallest absolute Gasteiger partial charge is 0.0577 e. The van der Waals surface area contributed by atoms with Crippen LogP contribution in [0.2, 0.25) is 0 Å². The zero-order valence-electron chi connectivity index (χ0n) is 13.2. The Balaban J connectivity index is 1.68. The molecule has 0 spiro atoms. The van der Waals surface area contributed by atoms with Crippen molar-refractivity contribution in [3.63, 3.8) is 0 Å². The van der Waals surface area contributed by atoms with Crippen molar-refractivity contribution in [3.05, 3.63) is 11.6 Å². The molecule has 3 fully saturated rings. The van der Waals surface area contributed by atoms with Gasteiger partial charge in [-0.05, 0) is 80.0 Å². The lowest BCUT2D eigenvalue weighted by Crippen LogP contribution is -2.49. The first-order chi connectivity index (χ1) is 9.53. The Morgan fingerprint density at radius 2 is 1.90 bits per heavy atom. The molecule has 1 heteroatoms. The second-order valence-corrected chi connectivity index (χ2v) is 8.74. The minimum atomic E-state index is -0.0637. The number of hydrogen-bond acceptors (Lipinski definition) is 1. The molecule has 0 saturated heterocycles. The van der Waals surface area contributed by atoms with Crippen LogP contribution < -0.4 is 0 Å². The monoisotopic (exact) mass is 274 g/mol. The SMILES string of the molecule is C[C@@]12CCC[C@H]1[C@@H]1CC=C3CC(O)CC[C@]3(C)[C@H]1CC2. The van der Waals surface area contributed by atoms with E-state index in [1.807, 2.05) is 0 Å². The number of allylic oxidation sites excluding steroid dienone is 1. The van der Waals surface area contributed by atoms with Crippen molar-refractivity contribution in [2.75, 3.05) is 0 Å². The van der Waals surface area contributed by atoms with Crippen molar-refractivity contribution in [1.29, 1.82) is 0 Å². The third kappa shape index (κ3) is 1.71. The van der Waals surface area contributed by atoms with Crippen molar-refractivity contribution in [2.45, 2.75) is 77.7 Å². The number of fused-ring (bicyclic) bond motifs is 5. The summed E-state index contributed by atoms with van der Waals surface area (Å²) in [6, 6.07) is 0. The first kappa shape index (κ1) is 13.4. The lowest BCUT2D eigenvalue weighted by molar-refractivity contribution is -0.0360. The molecule has 1 N–H and O–H groups in total. The van der Waals surface area contributed by atoms with Gasteiger partial charge in [-0.3, -0.25) is 0 Å². The van der Waals surface area contributed by atoms with Gasteiger partial charge in [0.15, 0.2) is 0 Å². The van der Waals surface area contributed by atoms with E-state index in [1.54, 1.807) is 5.57 Å². The van der Waals surface area contributed by atoms with Gasteiger partial charge in [0.05, 0.1) is 6.10 Å². The highest BCUT2D eigenvalue weighted by atomic mass is 16.3. The molecule has 0 heterocycles. The molecule has 4 rings (SSSR count). The second kappa shape index (κ2) is 4.35. The molecular formula is C19H30O. The van der Waals surface area contributed by atoms with Gasteiger partial charge >= 0.3 is 0 Å². The predicted molar refractivity (Wildman–Crippen MR) is 82.3 cm³/mol. The standard InChI is InChI=1S/C19H30O/c1-18-9-3-4-16(18)15-6-5-13-12-14(20)7-11-19(13,2)17(15)8-10-18/h5,14-17,20H,3-4,6-12H2,1-2H3/t14?,15-,16-,17-,18-,19-/m0/s1. The summed E-state index contributed by atoms with van der Waals surface area (Å²) in [4.78, 5) is 0. The molecular weight excluding hydrogens is 244 g/mol. The Labute approximate surface area is 123 Å². The first-order valence-electron chi connectivity index (χ1n) is 8.90. The Morgan fingerprint density at radius 1 is 1.05 bits per heavy atom. The van der Waals surface area contributed by atoms with Crippen LogP contribution in [0.3, 0.4) is 0 Å². The van der Waals surface area contributed by atoms with E-state index in [9.17, 15) is 5.11 Å². The van der Waals surface area contributed by atoms with Gasteiger partial charge in [0.25, 0.3) is 0 Å². The summed E-state index contributed by atoms with van der Waals surface area (Å²) < 4.78 is 0. The van der Waals surface area contributed by atoms with Crippen LogP contribution in [0.25, 0.3) is 0 Å². The fourth-order valence-electron chi connectivity index (χ4n) is 6.63. The second-order valence-electron chi connectivity index (χ2n) is 8.74. The Bertz CT molecular complexity index is 439. The minimum absolute atomic E-state index is 0.0637. The molecule has 0 radical (unpaired) electrons. The molecule has 4 aliphatic rings.